The summed E-state index contributed by atoms with van der Waals surface area (Å²) in [5, 5.41) is 0. The fraction of sp³-hybridized carbons (Fsp3) is 0.385. The van der Waals surface area contributed by atoms with Crippen molar-refractivity contribution < 1.29 is 0 Å². The van der Waals surface area contributed by atoms with Gasteiger partial charge in [-0.25, -0.2) is 0 Å². The summed E-state index contributed by atoms with van der Waals surface area (Å²) in [6.45, 7) is 6.06. The second-order valence-electron chi connectivity index (χ2n) is 3.31. The molecule has 0 heterocycles. The normalized spacial score (nSPS) is 10.1. The minimum Gasteiger partial charge on any atom is -0.157 e. The van der Waals surface area contributed by atoms with Gasteiger partial charge in [0, 0.05) is 5.75 Å². The molecular formula is C13H18S. The van der Waals surface area contributed by atoms with E-state index in [9.17, 15) is 0 Å². The fourth-order valence-corrected chi connectivity index (χ4v) is 2.41. The van der Waals surface area contributed by atoms with Gasteiger partial charge in [-0.2, -0.15) is 11.8 Å². The zero-order valence-corrected chi connectivity index (χ0v) is 9.65. The molecule has 14 heavy (non-hydrogen) atoms. The summed E-state index contributed by atoms with van der Waals surface area (Å²) >= 11 is 2.01. The van der Waals surface area contributed by atoms with Crippen molar-refractivity contribution in [3.63, 3.8) is 0 Å². The van der Waals surface area contributed by atoms with Crippen molar-refractivity contribution in [2.75, 3.05) is 5.75 Å². The summed E-state index contributed by atoms with van der Waals surface area (Å²) < 4.78 is 0. The molecule has 0 fully saturated rings. The molecule has 0 bridgehead atoms. The number of thioether (sulfide) groups is 1. The van der Waals surface area contributed by atoms with Crippen molar-refractivity contribution in [2.24, 2.45) is 0 Å². The van der Waals surface area contributed by atoms with Crippen molar-refractivity contribution in [1.29, 1.82) is 0 Å². The molecule has 0 aromatic heterocycles. The summed E-state index contributed by atoms with van der Waals surface area (Å²) in [6, 6.07) is 8.48. The highest BCUT2D eigenvalue weighted by atomic mass is 32.2. The van der Waals surface area contributed by atoms with Crippen LogP contribution in [0.25, 0.3) is 6.08 Å². The average molecular weight is 206 g/mol. The van der Waals surface area contributed by atoms with Gasteiger partial charge < -0.3 is 0 Å². The highest BCUT2D eigenvalue weighted by Gasteiger charge is 1.97. The lowest BCUT2D eigenvalue weighted by Crippen LogP contribution is -1.87. The summed E-state index contributed by atoms with van der Waals surface area (Å²) in [5.74, 6) is 2.38. The monoisotopic (exact) mass is 206 g/mol. The first kappa shape index (κ1) is 11.4. The van der Waals surface area contributed by atoms with E-state index in [0.29, 0.717) is 0 Å². The molecule has 76 valence electrons. The molecule has 0 saturated heterocycles. The smallest absolute Gasteiger partial charge is 0.0190 e. The van der Waals surface area contributed by atoms with Crippen LogP contribution in [-0.2, 0) is 5.75 Å². The van der Waals surface area contributed by atoms with Gasteiger partial charge in [0.25, 0.3) is 0 Å². The predicted octanol–water partition coefficient (Wildman–Crippen LogP) is 4.36. The maximum Gasteiger partial charge on any atom is 0.0190 e. The SMILES string of the molecule is C=Cc1ccccc1CSCCCC. The van der Waals surface area contributed by atoms with Gasteiger partial charge in [-0.05, 0) is 23.3 Å². The van der Waals surface area contributed by atoms with E-state index in [1.54, 1.807) is 0 Å². The van der Waals surface area contributed by atoms with E-state index in [0.717, 1.165) is 5.75 Å². The van der Waals surface area contributed by atoms with Crippen LogP contribution in [0, 0.1) is 0 Å². The third-order valence-corrected chi connectivity index (χ3v) is 3.27. The third kappa shape index (κ3) is 3.59. The molecule has 0 nitrogen and oxygen atoms in total. The van der Waals surface area contributed by atoms with Gasteiger partial charge in [0.05, 0.1) is 0 Å². The first-order chi connectivity index (χ1) is 6.88. The number of rotatable bonds is 6. The van der Waals surface area contributed by atoms with E-state index in [1.807, 2.05) is 17.8 Å². The molecule has 1 aromatic carbocycles. The summed E-state index contributed by atoms with van der Waals surface area (Å²) in [6.07, 6.45) is 4.55. The van der Waals surface area contributed by atoms with Gasteiger partial charge in [-0.15, -0.1) is 0 Å². The van der Waals surface area contributed by atoms with Crippen LogP contribution >= 0.6 is 11.8 Å². The summed E-state index contributed by atoms with van der Waals surface area (Å²) in [7, 11) is 0. The first-order valence-electron chi connectivity index (χ1n) is 5.16. The van der Waals surface area contributed by atoms with E-state index in [1.165, 1.54) is 29.7 Å². The topological polar surface area (TPSA) is 0 Å². The van der Waals surface area contributed by atoms with E-state index in [2.05, 4.69) is 37.8 Å². The molecular weight excluding hydrogens is 188 g/mol. The van der Waals surface area contributed by atoms with Crippen LogP contribution in [0.4, 0.5) is 0 Å². The van der Waals surface area contributed by atoms with Gasteiger partial charge in [0.15, 0.2) is 0 Å². The van der Waals surface area contributed by atoms with E-state index in [-0.39, 0.29) is 0 Å². The Morgan fingerprint density at radius 1 is 1.36 bits per heavy atom. The lowest BCUT2D eigenvalue weighted by Gasteiger charge is -2.04. The standard InChI is InChI=1S/C13H18S/c1-3-5-10-14-11-13-9-7-6-8-12(13)4-2/h4,6-9H,2-3,5,10-11H2,1H3. The zero-order chi connectivity index (χ0) is 10.2. The van der Waals surface area contributed by atoms with Crippen LogP contribution in [-0.4, -0.2) is 5.75 Å². The van der Waals surface area contributed by atoms with Crippen molar-refractivity contribution in [2.45, 2.75) is 25.5 Å². The molecule has 1 rings (SSSR count). The lowest BCUT2D eigenvalue weighted by molar-refractivity contribution is 0.896. The van der Waals surface area contributed by atoms with Crippen molar-refractivity contribution in [3.05, 3.63) is 42.0 Å². The van der Waals surface area contributed by atoms with Crippen LogP contribution in [0.15, 0.2) is 30.8 Å². The number of unbranched alkanes of at least 4 members (excludes halogenated alkanes) is 1. The molecule has 0 atom stereocenters. The van der Waals surface area contributed by atoms with Crippen LogP contribution < -0.4 is 0 Å². The third-order valence-electron chi connectivity index (χ3n) is 2.17. The first-order valence-corrected chi connectivity index (χ1v) is 6.32. The van der Waals surface area contributed by atoms with Gasteiger partial charge in [0.2, 0.25) is 0 Å². The Kier molecular flexibility index (Phi) is 5.46. The second-order valence-corrected chi connectivity index (χ2v) is 4.41. The Labute approximate surface area is 91.4 Å². The summed E-state index contributed by atoms with van der Waals surface area (Å²) in [4.78, 5) is 0. The number of hydrogen-bond donors (Lipinski definition) is 0. The molecule has 0 N–H and O–H groups in total. The molecule has 0 unspecified atom stereocenters. The predicted molar refractivity (Wildman–Crippen MR) is 67.6 cm³/mol. The van der Waals surface area contributed by atoms with E-state index < -0.39 is 0 Å². The van der Waals surface area contributed by atoms with E-state index in [4.69, 9.17) is 0 Å². The molecule has 0 amide bonds. The second kappa shape index (κ2) is 6.72. The van der Waals surface area contributed by atoms with Crippen molar-refractivity contribution >= 4 is 17.8 Å². The molecule has 1 heteroatoms. The maximum atomic E-state index is 3.83. The number of benzene rings is 1. The van der Waals surface area contributed by atoms with Crippen molar-refractivity contribution in [3.8, 4) is 0 Å². The minimum absolute atomic E-state index is 1.11. The summed E-state index contributed by atoms with van der Waals surface area (Å²) in [5.41, 5.74) is 2.68. The van der Waals surface area contributed by atoms with Crippen molar-refractivity contribution in [1.82, 2.24) is 0 Å². The van der Waals surface area contributed by atoms with Crippen LogP contribution in [0.1, 0.15) is 30.9 Å². The molecule has 1 aromatic rings. The largest absolute Gasteiger partial charge is 0.157 e. The van der Waals surface area contributed by atoms with Crippen LogP contribution in [0.5, 0.6) is 0 Å². The Morgan fingerprint density at radius 2 is 2.14 bits per heavy atom. The molecule has 0 saturated carbocycles. The molecule has 0 aliphatic rings. The van der Waals surface area contributed by atoms with E-state index >= 15 is 0 Å². The highest BCUT2D eigenvalue weighted by molar-refractivity contribution is 7.98. The Morgan fingerprint density at radius 3 is 2.86 bits per heavy atom. The minimum atomic E-state index is 1.11. The molecule has 0 aliphatic heterocycles. The quantitative estimate of drug-likeness (QED) is 0.623. The molecule has 0 spiro atoms. The van der Waals surface area contributed by atoms with Gasteiger partial charge in [-0.1, -0.05) is 50.3 Å². The zero-order valence-electron chi connectivity index (χ0n) is 8.83. The Hall–Kier alpha value is -0.690. The Bertz CT molecular complexity index is 278. The molecule has 0 radical (unpaired) electrons. The maximum absolute atomic E-state index is 3.83. The van der Waals surface area contributed by atoms with Gasteiger partial charge in [0.1, 0.15) is 0 Å². The van der Waals surface area contributed by atoms with Crippen LogP contribution in [0.3, 0.4) is 0 Å². The average Bonchev–Trinajstić information content (AvgIpc) is 2.25. The fourth-order valence-electron chi connectivity index (χ4n) is 1.29. The number of hydrogen-bond acceptors (Lipinski definition) is 1. The molecule has 0 aliphatic carbocycles. The van der Waals surface area contributed by atoms with Gasteiger partial charge >= 0.3 is 0 Å². The highest BCUT2D eigenvalue weighted by Crippen LogP contribution is 2.18. The van der Waals surface area contributed by atoms with Crippen LogP contribution in [0.2, 0.25) is 0 Å². The van der Waals surface area contributed by atoms with Gasteiger partial charge in [-0.3, -0.25) is 0 Å². The Balaban J connectivity index is 2.45. The lowest BCUT2D eigenvalue weighted by atomic mass is 10.1.